The first-order valence-corrected chi connectivity index (χ1v) is 5.20. The summed E-state index contributed by atoms with van der Waals surface area (Å²) in [6, 6.07) is 6.22. The molecule has 0 N–H and O–H groups in total. The molecule has 1 aliphatic rings. The number of hydrogen-bond donors (Lipinski definition) is 0. The number of nitro groups is 1. The highest BCUT2D eigenvalue weighted by Gasteiger charge is 2.49. The molecule has 0 aromatic heterocycles. The molecule has 6 heteroatoms. The Bertz CT molecular complexity index is 459. The van der Waals surface area contributed by atoms with Gasteiger partial charge in [0.15, 0.2) is 6.10 Å². The van der Waals surface area contributed by atoms with E-state index in [0.717, 1.165) is 0 Å². The van der Waals surface area contributed by atoms with Crippen LogP contribution in [-0.2, 0) is 14.3 Å². The first kappa shape index (κ1) is 11.5. The highest BCUT2D eigenvalue weighted by Crippen LogP contribution is 2.43. The molecule has 0 amide bonds. The van der Waals surface area contributed by atoms with E-state index in [9.17, 15) is 14.9 Å². The van der Waals surface area contributed by atoms with E-state index in [1.165, 1.54) is 6.07 Å². The minimum absolute atomic E-state index is 0.0377. The third-order valence-corrected chi connectivity index (χ3v) is 2.45. The van der Waals surface area contributed by atoms with Crippen LogP contribution in [0.1, 0.15) is 18.6 Å². The van der Waals surface area contributed by atoms with E-state index in [4.69, 9.17) is 9.47 Å². The molecule has 0 saturated carbocycles. The summed E-state index contributed by atoms with van der Waals surface area (Å²) in [5, 5.41) is 10.8. The summed E-state index contributed by atoms with van der Waals surface area (Å²) in [7, 11) is 0. The monoisotopic (exact) mass is 237 g/mol. The number of carbonyl (C=O) groups is 1. The molecule has 0 unspecified atom stereocenters. The van der Waals surface area contributed by atoms with Gasteiger partial charge in [-0.25, -0.2) is 4.79 Å². The Morgan fingerprint density at radius 1 is 1.53 bits per heavy atom. The molecule has 0 aliphatic carbocycles. The van der Waals surface area contributed by atoms with Crippen LogP contribution in [0.25, 0.3) is 0 Å². The van der Waals surface area contributed by atoms with E-state index in [2.05, 4.69) is 0 Å². The topological polar surface area (TPSA) is 82.0 Å². The Hall–Kier alpha value is -1.95. The predicted octanol–water partition coefficient (Wildman–Crippen LogP) is 1.60. The summed E-state index contributed by atoms with van der Waals surface area (Å²) in [5.74, 6) is -0.476. The summed E-state index contributed by atoms with van der Waals surface area (Å²) >= 11 is 0. The van der Waals surface area contributed by atoms with Gasteiger partial charge in [-0.1, -0.05) is 12.1 Å². The molecular formula is C11H11NO5. The first-order chi connectivity index (χ1) is 8.15. The molecule has 1 aromatic carbocycles. The molecular weight excluding hydrogens is 226 g/mol. The van der Waals surface area contributed by atoms with Gasteiger partial charge >= 0.3 is 5.97 Å². The van der Waals surface area contributed by atoms with Gasteiger partial charge in [-0.05, 0) is 13.0 Å². The number of rotatable bonds is 4. The zero-order chi connectivity index (χ0) is 12.4. The first-order valence-electron chi connectivity index (χ1n) is 5.20. The van der Waals surface area contributed by atoms with Crippen LogP contribution in [0, 0.1) is 10.1 Å². The van der Waals surface area contributed by atoms with E-state index < -0.39 is 23.1 Å². The second kappa shape index (κ2) is 4.50. The van der Waals surface area contributed by atoms with Gasteiger partial charge in [0.25, 0.3) is 5.69 Å². The van der Waals surface area contributed by atoms with E-state index in [0.29, 0.717) is 5.56 Å². The standard InChI is InChI=1S/C11H11NO5/c1-2-16-11(13)10-9(17-10)7-5-3-4-6-8(7)12(14)15/h3-6,9-10H,2H2,1H3/t9-,10-/m1/s1. The Kier molecular flexibility index (Phi) is 3.06. The number of nitrogens with zero attached hydrogens (tertiary/aromatic N) is 1. The van der Waals surface area contributed by atoms with Crippen LogP contribution in [-0.4, -0.2) is 23.6 Å². The van der Waals surface area contributed by atoms with Crippen molar-refractivity contribution < 1.29 is 19.2 Å². The summed E-state index contributed by atoms with van der Waals surface area (Å²) in [6.07, 6.45) is -1.27. The maximum Gasteiger partial charge on any atom is 0.338 e. The lowest BCUT2D eigenvalue weighted by Gasteiger charge is -1.99. The smallest absolute Gasteiger partial charge is 0.338 e. The van der Waals surface area contributed by atoms with Gasteiger partial charge in [-0.2, -0.15) is 0 Å². The van der Waals surface area contributed by atoms with Crippen LogP contribution in [0.5, 0.6) is 0 Å². The third-order valence-electron chi connectivity index (χ3n) is 2.45. The molecule has 6 nitrogen and oxygen atoms in total. The maximum atomic E-state index is 11.4. The SMILES string of the molecule is CCOC(=O)[C@@H]1O[C@@H]1c1ccccc1[N+](=O)[O-]. The maximum absolute atomic E-state index is 11.4. The van der Waals surface area contributed by atoms with Gasteiger partial charge < -0.3 is 9.47 Å². The Morgan fingerprint density at radius 3 is 2.88 bits per heavy atom. The van der Waals surface area contributed by atoms with Gasteiger partial charge in [-0.15, -0.1) is 0 Å². The Labute approximate surface area is 97.3 Å². The molecule has 1 fully saturated rings. The molecule has 1 aliphatic heterocycles. The largest absolute Gasteiger partial charge is 0.464 e. The molecule has 2 rings (SSSR count). The van der Waals surface area contributed by atoms with E-state index >= 15 is 0 Å². The molecule has 17 heavy (non-hydrogen) atoms. The zero-order valence-corrected chi connectivity index (χ0v) is 9.16. The lowest BCUT2D eigenvalue weighted by atomic mass is 10.1. The second-order valence-corrected chi connectivity index (χ2v) is 3.55. The number of epoxide rings is 1. The molecule has 0 spiro atoms. The van der Waals surface area contributed by atoms with Crippen molar-refractivity contribution in [2.24, 2.45) is 0 Å². The van der Waals surface area contributed by atoms with Crippen LogP contribution in [0.3, 0.4) is 0 Å². The Morgan fingerprint density at radius 2 is 2.24 bits per heavy atom. The number of nitro benzene ring substituents is 1. The van der Waals surface area contributed by atoms with Crippen molar-refractivity contribution in [2.75, 3.05) is 6.61 Å². The van der Waals surface area contributed by atoms with Crippen LogP contribution in [0.15, 0.2) is 24.3 Å². The van der Waals surface area contributed by atoms with Crippen molar-refractivity contribution in [3.8, 4) is 0 Å². The van der Waals surface area contributed by atoms with Crippen LogP contribution in [0.4, 0.5) is 5.69 Å². The second-order valence-electron chi connectivity index (χ2n) is 3.55. The minimum atomic E-state index is -0.712. The van der Waals surface area contributed by atoms with Crippen molar-refractivity contribution in [3.05, 3.63) is 39.9 Å². The quantitative estimate of drug-likeness (QED) is 0.344. The molecule has 1 heterocycles. The average Bonchev–Trinajstić information content (AvgIpc) is 3.09. The molecule has 1 saturated heterocycles. The number of ether oxygens (including phenoxy) is 2. The van der Waals surface area contributed by atoms with Gasteiger partial charge in [0.1, 0.15) is 6.10 Å². The van der Waals surface area contributed by atoms with Crippen LogP contribution in [0.2, 0.25) is 0 Å². The Balaban J connectivity index is 2.16. The summed E-state index contributed by atoms with van der Waals surface area (Å²) in [5.41, 5.74) is 0.375. The van der Waals surface area contributed by atoms with Crippen LogP contribution < -0.4 is 0 Å². The van der Waals surface area contributed by atoms with Crippen LogP contribution >= 0.6 is 0 Å². The normalized spacial score (nSPS) is 21.9. The van der Waals surface area contributed by atoms with Gasteiger partial charge in [0.05, 0.1) is 17.1 Å². The minimum Gasteiger partial charge on any atom is -0.464 e. The van der Waals surface area contributed by atoms with Crippen molar-refractivity contribution in [1.82, 2.24) is 0 Å². The summed E-state index contributed by atoms with van der Waals surface area (Å²) < 4.78 is 9.91. The fraction of sp³-hybridized carbons (Fsp3) is 0.364. The molecule has 0 bridgehead atoms. The number of hydrogen-bond acceptors (Lipinski definition) is 5. The van der Waals surface area contributed by atoms with Gasteiger partial charge in [0.2, 0.25) is 0 Å². The van der Waals surface area contributed by atoms with Gasteiger partial charge in [-0.3, -0.25) is 10.1 Å². The summed E-state index contributed by atoms with van der Waals surface area (Å²) in [4.78, 5) is 21.7. The number of benzene rings is 1. The lowest BCUT2D eigenvalue weighted by molar-refractivity contribution is -0.385. The van der Waals surface area contributed by atoms with E-state index in [-0.39, 0.29) is 12.3 Å². The van der Waals surface area contributed by atoms with Crippen molar-refractivity contribution in [2.45, 2.75) is 19.1 Å². The summed E-state index contributed by atoms with van der Waals surface area (Å²) in [6.45, 7) is 1.96. The fourth-order valence-electron chi connectivity index (χ4n) is 1.65. The van der Waals surface area contributed by atoms with Crippen molar-refractivity contribution in [3.63, 3.8) is 0 Å². The van der Waals surface area contributed by atoms with Crippen molar-refractivity contribution >= 4 is 11.7 Å². The number of esters is 1. The predicted molar refractivity (Wildman–Crippen MR) is 57.3 cm³/mol. The molecule has 1 aromatic rings. The zero-order valence-electron chi connectivity index (χ0n) is 9.16. The van der Waals surface area contributed by atoms with Gasteiger partial charge in [0, 0.05) is 6.07 Å². The number of para-hydroxylation sites is 1. The third kappa shape index (κ3) is 2.26. The van der Waals surface area contributed by atoms with Crippen molar-refractivity contribution in [1.29, 1.82) is 0 Å². The average molecular weight is 237 g/mol. The van der Waals surface area contributed by atoms with E-state index in [1.54, 1.807) is 25.1 Å². The number of carbonyl (C=O) groups excluding carboxylic acids is 1. The highest BCUT2D eigenvalue weighted by molar-refractivity contribution is 5.78. The molecule has 0 radical (unpaired) electrons. The molecule has 2 atom stereocenters. The highest BCUT2D eigenvalue weighted by atomic mass is 16.6. The van der Waals surface area contributed by atoms with E-state index in [1.807, 2.05) is 0 Å². The molecule has 90 valence electrons. The lowest BCUT2D eigenvalue weighted by Crippen LogP contribution is -2.12. The fourth-order valence-corrected chi connectivity index (χ4v) is 1.65.